The van der Waals surface area contributed by atoms with E-state index in [2.05, 4.69) is 10.6 Å². The van der Waals surface area contributed by atoms with Crippen LogP contribution in [0.4, 0.5) is 19.3 Å². The minimum absolute atomic E-state index is 0.0416. The number of benzene rings is 1. The number of urea groups is 1. The number of hydrogen-bond donors (Lipinski definition) is 2. The van der Waals surface area contributed by atoms with Gasteiger partial charge in [0.25, 0.3) is 5.91 Å². The number of thioether (sulfide) groups is 1. The summed E-state index contributed by atoms with van der Waals surface area (Å²) in [5.41, 5.74) is 0.0416. The van der Waals surface area contributed by atoms with Crippen molar-refractivity contribution in [3.63, 3.8) is 0 Å². The molecule has 1 atom stereocenters. The van der Waals surface area contributed by atoms with Crippen molar-refractivity contribution in [2.24, 2.45) is 0 Å². The van der Waals surface area contributed by atoms with Crippen LogP contribution >= 0.6 is 11.8 Å². The van der Waals surface area contributed by atoms with Gasteiger partial charge in [-0.15, -0.1) is 0 Å². The molecule has 0 aromatic heterocycles. The summed E-state index contributed by atoms with van der Waals surface area (Å²) in [6.45, 7) is -0.487. The molecule has 0 bridgehead atoms. The summed E-state index contributed by atoms with van der Waals surface area (Å²) in [6, 6.07) is 1.61. The van der Waals surface area contributed by atoms with Gasteiger partial charge in [0.15, 0.2) is 11.6 Å². The minimum atomic E-state index is -1.10. The van der Waals surface area contributed by atoms with Gasteiger partial charge in [0, 0.05) is 11.8 Å². The van der Waals surface area contributed by atoms with Gasteiger partial charge in [-0.2, -0.15) is 11.8 Å². The highest BCUT2D eigenvalue weighted by atomic mass is 32.2. The van der Waals surface area contributed by atoms with E-state index in [0.29, 0.717) is 12.2 Å². The summed E-state index contributed by atoms with van der Waals surface area (Å²) in [4.78, 5) is 36.5. The van der Waals surface area contributed by atoms with E-state index in [1.165, 1.54) is 6.07 Å². The van der Waals surface area contributed by atoms with Crippen molar-refractivity contribution in [1.29, 1.82) is 0 Å². The lowest BCUT2D eigenvalue weighted by Crippen LogP contribution is -2.38. The predicted molar refractivity (Wildman–Crippen MR) is 82.0 cm³/mol. The zero-order valence-electron chi connectivity index (χ0n) is 12.3. The van der Waals surface area contributed by atoms with E-state index in [1.54, 1.807) is 11.8 Å². The molecule has 0 aliphatic carbocycles. The lowest BCUT2D eigenvalue weighted by molar-refractivity contribution is -0.130. The molecule has 2 N–H and O–H groups in total. The van der Waals surface area contributed by atoms with E-state index in [0.717, 1.165) is 17.0 Å². The third-order valence-corrected chi connectivity index (χ3v) is 3.87. The van der Waals surface area contributed by atoms with Crippen LogP contribution in [0.1, 0.15) is 6.42 Å². The second kappa shape index (κ2) is 7.40. The van der Waals surface area contributed by atoms with Crippen molar-refractivity contribution < 1.29 is 23.2 Å². The summed E-state index contributed by atoms with van der Waals surface area (Å²) >= 11 is 1.54. The van der Waals surface area contributed by atoms with Crippen LogP contribution in [0.5, 0.6) is 0 Å². The van der Waals surface area contributed by atoms with Crippen LogP contribution in [-0.4, -0.2) is 47.3 Å². The molecule has 1 aliphatic rings. The van der Waals surface area contributed by atoms with E-state index < -0.39 is 42.1 Å². The van der Waals surface area contributed by atoms with E-state index in [4.69, 9.17) is 0 Å². The third-order valence-electron chi connectivity index (χ3n) is 3.22. The predicted octanol–water partition coefficient (Wildman–Crippen LogP) is 1.58. The van der Waals surface area contributed by atoms with Crippen LogP contribution in [-0.2, 0) is 9.59 Å². The molecule has 6 nitrogen and oxygen atoms in total. The molecule has 9 heteroatoms. The summed E-state index contributed by atoms with van der Waals surface area (Å²) in [5.74, 6) is -2.58. The van der Waals surface area contributed by atoms with Gasteiger partial charge in [0.1, 0.15) is 12.6 Å². The second-order valence-corrected chi connectivity index (χ2v) is 5.87. The Morgan fingerprint density at radius 2 is 2.09 bits per heavy atom. The lowest BCUT2D eigenvalue weighted by Gasteiger charge is -2.13. The molecular formula is C14H15F2N3O3S. The van der Waals surface area contributed by atoms with Gasteiger partial charge >= 0.3 is 6.03 Å². The van der Waals surface area contributed by atoms with Gasteiger partial charge in [-0.05, 0) is 30.6 Å². The molecule has 1 aromatic carbocycles. The first kappa shape index (κ1) is 17.2. The third kappa shape index (κ3) is 4.19. The number of carbonyl (C=O) groups excluding carboxylic acids is 3. The number of nitrogens with one attached hydrogen (secondary N) is 2. The van der Waals surface area contributed by atoms with Crippen LogP contribution in [0.2, 0.25) is 0 Å². The average Bonchev–Trinajstić information content (AvgIpc) is 2.76. The first-order valence-electron chi connectivity index (χ1n) is 6.78. The van der Waals surface area contributed by atoms with Crippen molar-refractivity contribution in [2.75, 3.05) is 23.9 Å². The highest BCUT2D eigenvalue weighted by Gasteiger charge is 2.38. The Balaban J connectivity index is 1.95. The minimum Gasteiger partial charge on any atom is -0.326 e. The fourth-order valence-electron chi connectivity index (χ4n) is 2.08. The maximum atomic E-state index is 13.1. The van der Waals surface area contributed by atoms with Crippen LogP contribution in [0.25, 0.3) is 0 Å². The topological polar surface area (TPSA) is 78.5 Å². The second-order valence-electron chi connectivity index (χ2n) is 4.88. The summed E-state index contributed by atoms with van der Waals surface area (Å²) in [7, 11) is 0. The van der Waals surface area contributed by atoms with Crippen molar-refractivity contribution in [3.8, 4) is 0 Å². The molecule has 1 fully saturated rings. The fourth-order valence-corrected chi connectivity index (χ4v) is 2.55. The SMILES string of the molecule is CSCCC1NC(=O)N(CC(=O)Nc2ccc(F)c(F)c2)C1=O. The summed E-state index contributed by atoms with van der Waals surface area (Å²) in [5, 5.41) is 4.82. The number of carbonyl (C=O) groups is 3. The smallest absolute Gasteiger partial charge is 0.325 e. The molecule has 1 unspecified atom stereocenters. The van der Waals surface area contributed by atoms with Crippen molar-refractivity contribution in [3.05, 3.63) is 29.8 Å². The van der Waals surface area contributed by atoms with Crippen molar-refractivity contribution in [2.45, 2.75) is 12.5 Å². The molecule has 0 spiro atoms. The van der Waals surface area contributed by atoms with Crippen molar-refractivity contribution >= 4 is 35.3 Å². The monoisotopic (exact) mass is 343 g/mol. The molecule has 124 valence electrons. The van der Waals surface area contributed by atoms with Gasteiger partial charge < -0.3 is 10.6 Å². The molecule has 4 amide bonds. The molecule has 1 saturated heterocycles. The van der Waals surface area contributed by atoms with Gasteiger partial charge in [-0.3, -0.25) is 14.5 Å². The van der Waals surface area contributed by atoms with E-state index in [9.17, 15) is 23.2 Å². The largest absolute Gasteiger partial charge is 0.326 e. The van der Waals surface area contributed by atoms with Gasteiger partial charge in [0.05, 0.1) is 0 Å². The summed E-state index contributed by atoms with van der Waals surface area (Å²) in [6.07, 6.45) is 2.36. The van der Waals surface area contributed by atoms with Gasteiger partial charge in [-0.25, -0.2) is 13.6 Å². The molecule has 1 aromatic rings. The van der Waals surface area contributed by atoms with E-state index in [1.807, 2.05) is 6.26 Å². The van der Waals surface area contributed by atoms with Crippen molar-refractivity contribution in [1.82, 2.24) is 10.2 Å². The molecule has 23 heavy (non-hydrogen) atoms. The van der Waals surface area contributed by atoms with Crippen LogP contribution in [0, 0.1) is 11.6 Å². The molecule has 0 saturated carbocycles. The number of amides is 4. The highest BCUT2D eigenvalue weighted by Crippen LogP contribution is 2.14. The number of halogens is 2. The highest BCUT2D eigenvalue weighted by molar-refractivity contribution is 7.98. The normalized spacial score (nSPS) is 17.3. The Morgan fingerprint density at radius 1 is 1.35 bits per heavy atom. The number of imide groups is 1. The summed E-state index contributed by atoms with van der Waals surface area (Å²) < 4.78 is 25.9. The molecule has 1 aliphatic heterocycles. The quantitative estimate of drug-likeness (QED) is 0.769. The Kier molecular flexibility index (Phi) is 5.54. The van der Waals surface area contributed by atoms with E-state index in [-0.39, 0.29) is 5.69 Å². The molecular weight excluding hydrogens is 328 g/mol. The number of rotatable bonds is 6. The van der Waals surface area contributed by atoms with Crippen LogP contribution in [0.3, 0.4) is 0 Å². The zero-order chi connectivity index (χ0) is 17.0. The molecule has 2 rings (SSSR count). The van der Waals surface area contributed by atoms with Crippen LogP contribution in [0.15, 0.2) is 18.2 Å². The maximum absolute atomic E-state index is 13.1. The maximum Gasteiger partial charge on any atom is 0.325 e. The number of hydrogen-bond acceptors (Lipinski definition) is 4. The Hall–Kier alpha value is -2.16. The lowest BCUT2D eigenvalue weighted by atomic mass is 10.2. The number of anilines is 1. The molecule has 0 radical (unpaired) electrons. The first-order valence-corrected chi connectivity index (χ1v) is 8.17. The average molecular weight is 343 g/mol. The molecule has 1 heterocycles. The Labute approximate surface area is 135 Å². The standard InChI is InChI=1S/C14H15F2N3O3S/c1-23-5-4-11-13(21)19(14(22)18-11)7-12(20)17-8-2-3-9(15)10(16)6-8/h2-3,6,11H,4-5,7H2,1H3,(H,17,20)(H,18,22). The fraction of sp³-hybridized carbons (Fsp3) is 0.357. The number of nitrogens with zero attached hydrogens (tertiary/aromatic N) is 1. The van der Waals surface area contributed by atoms with Crippen LogP contribution < -0.4 is 10.6 Å². The van der Waals surface area contributed by atoms with E-state index >= 15 is 0 Å². The van der Waals surface area contributed by atoms with Gasteiger partial charge in [0.2, 0.25) is 5.91 Å². The first-order chi connectivity index (χ1) is 10.9. The zero-order valence-corrected chi connectivity index (χ0v) is 13.1. The van der Waals surface area contributed by atoms with Gasteiger partial charge in [-0.1, -0.05) is 0 Å². The Morgan fingerprint density at radius 3 is 2.74 bits per heavy atom. The Bertz CT molecular complexity index is 642.